The first-order valence-corrected chi connectivity index (χ1v) is 14.0. The molecule has 9 heteroatoms. The molecule has 2 aromatic rings. The summed E-state index contributed by atoms with van der Waals surface area (Å²) in [6.07, 6.45) is -1.18. The van der Waals surface area contributed by atoms with E-state index >= 15 is 0 Å². The summed E-state index contributed by atoms with van der Waals surface area (Å²) in [6.45, 7) is 13.6. The molecule has 196 valence electrons. The molecule has 2 atom stereocenters. The number of nitrogens with one attached hydrogen (secondary N) is 2. The molecule has 0 aliphatic carbocycles. The first-order chi connectivity index (χ1) is 16.7. The molecule has 4 N–H and O–H groups in total. The van der Waals surface area contributed by atoms with Crippen molar-refractivity contribution in [2.45, 2.75) is 49.7 Å². The van der Waals surface area contributed by atoms with Gasteiger partial charge < -0.3 is 29.5 Å². The summed E-state index contributed by atoms with van der Waals surface area (Å²) in [5.74, 6) is 1.01. The predicted molar refractivity (Wildman–Crippen MR) is 135 cm³/mol. The molecule has 35 heavy (non-hydrogen) atoms. The van der Waals surface area contributed by atoms with Crippen LogP contribution in [-0.4, -0.2) is 83.3 Å². The topological polar surface area (TPSA) is 102 Å². The van der Waals surface area contributed by atoms with E-state index in [-0.39, 0.29) is 23.0 Å². The Morgan fingerprint density at radius 3 is 1.26 bits per heavy atom. The molecule has 0 bridgehead atoms. The van der Waals surface area contributed by atoms with Gasteiger partial charge in [0.15, 0.2) is 0 Å². The van der Waals surface area contributed by atoms with Crippen molar-refractivity contribution >= 4 is 9.84 Å². The fourth-order valence-corrected chi connectivity index (χ4v) is 5.07. The van der Waals surface area contributed by atoms with Crippen molar-refractivity contribution < 1.29 is 37.9 Å². The quantitative estimate of drug-likeness (QED) is 0.251. The molecule has 0 aliphatic heterocycles. The van der Waals surface area contributed by atoms with Crippen molar-refractivity contribution in [1.29, 1.82) is 0 Å². The van der Waals surface area contributed by atoms with Crippen molar-refractivity contribution in [2.24, 2.45) is 0 Å². The number of rotatable bonds is 16. The van der Waals surface area contributed by atoms with Crippen LogP contribution in [0.2, 0.25) is 0 Å². The molecule has 8 nitrogen and oxygen atoms in total. The second-order valence-corrected chi connectivity index (χ2v) is 10.6. The molecule has 0 heterocycles. The second-order valence-electron chi connectivity index (χ2n) is 8.70. The molecule has 0 aliphatic rings. The molecule has 2 aromatic carbocycles. The number of sulfone groups is 1. The van der Waals surface area contributed by atoms with E-state index in [1.165, 1.54) is 34.1 Å². The van der Waals surface area contributed by atoms with Crippen LogP contribution in [0.25, 0.3) is 0 Å². The lowest BCUT2D eigenvalue weighted by molar-refractivity contribution is -0.899. The van der Waals surface area contributed by atoms with E-state index in [0.717, 1.165) is 26.2 Å². The monoisotopic (exact) mass is 510 g/mol. The van der Waals surface area contributed by atoms with Crippen LogP contribution in [0.4, 0.5) is 0 Å². The van der Waals surface area contributed by atoms with Gasteiger partial charge in [-0.2, -0.15) is 0 Å². The molecule has 0 saturated carbocycles. The fraction of sp³-hybridized carbons (Fsp3) is 0.538. The first kappa shape index (κ1) is 29.1. The number of ether oxygens (including phenoxy) is 2. The fourth-order valence-electron chi connectivity index (χ4n) is 3.81. The molecule has 0 amide bonds. The van der Waals surface area contributed by atoms with Crippen LogP contribution in [0, 0.1) is 0 Å². The Hall–Kier alpha value is -2.17. The van der Waals surface area contributed by atoms with Gasteiger partial charge in [-0.05, 0) is 76.2 Å². The maximum Gasteiger partial charge on any atom is 0.206 e. The molecule has 2 rings (SSSR count). The smallest absolute Gasteiger partial charge is 0.206 e. The third kappa shape index (κ3) is 9.09. The van der Waals surface area contributed by atoms with Crippen LogP contribution in [0.15, 0.2) is 58.3 Å². The lowest BCUT2D eigenvalue weighted by Crippen LogP contribution is -3.12. The lowest BCUT2D eigenvalue weighted by Gasteiger charge is -2.19. The number of aliphatic hydroxyl groups excluding tert-OH is 2. The molecule has 0 aromatic heterocycles. The molecule has 0 unspecified atom stereocenters. The van der Waals surface area contributed by atoms with Crippen LogP contribution in [0.5, 0.6) is 11.5 Å². The number of quaternary nitrogens is 2. The number of benzene rings is 2. The third-order valence-corrected chi connectivity index (χ3v) is 7.99. The summed E-state index contributed by atoms with van der Waals surface area (Å²) in [5, 5.41) is 20.3. The van der Waals surface area contributed by atoms with Crippen molar-refractivity contribution in [2.75, 3.05) is 52.5 Å². The highest BCUT2D eigenvalue weighted by atomic mass is 32.2. The zero-order chi connectivity index (χ0) is 25.8. The van der Waals surface area contributed by atoms with Crippen LogP contribution in [0.1, 0.15) is 27.7 Å². The van der Waals surface area contributed by atoms with E-state index in [1.54, 1.807) is 24.3 Å². The Morgan fingerprint density at radius 1 is 0.657 bits per heavy atom. The summed E-state index contributed by atoms with van der Waals surface area (Å²) in [6, 6.07) is 12.4. The van der Waals surface area contributed by atoms with Gasteiger partial charge in [-0.1, -0.05) is 0 Å². The first-order valence-electron chi connectivity index (χ1n) is 12.5. The zero-order valence-electron chi connectivity index (χ0n) is 21.4. The highest BCUT2D eigenvalue weighted by molar-refractivity contribution is 7.91. The lowest BCUT2D eigenvalue weighted by atomic mass is 10.3. The number of hydrogen-bond acceptors (Lipinski definition) is 6. The van der Waals surface area contributed by atoms with Gasteiger partial charge in [0.2, 0.25) is 9.84 Å². The Morgan fingerprint density at radius 2 is 0.971 bits per heavy atom. The summed E-state index contributed by atoms with van der Waals surface area (Å²) in [5.41, 5.74) is 0. The maximum absolute atomic E-state index is 13.0. The number of hydrogen-bond donors (Lipinski definition) is 4. The molecular weight excluding hydrogens is 468 g/mol. The van der Waals surface area contributed by atoms with Crippen molar-refractivity contribution in [3.63, 3.8) is 0 Å². The number of likely N-dealkylation sites (N-methyl/N-ethyl adjacent to an activating group) is 2. The SMILES string of the molecule is CC[NH+](CC)C[C@H](O)COc1ccc(S(=O)(=O)c2ccc(OC[C@@H](O)C[NH+](CC)CC)cc2)cc1. The van der Waals surface area contributed by atoms with E-state index in [2.05, 4.69) is 27.7 Å². The van der Waals surface area contributed by atoms with E-state index < -0.39 is 22.0 Å². The van der Waals surface area contributed by atoms with Crippen molar-refractivity contribution in [3.05, 3.63) is 48.5 Å². The predicted octanol–water partition coefficient (Wildman–Crippen LogP) is -0.152. The Balaban J connectivity index is 1.93. The average molecular weight is 511 g/mol. The Bertz CT molecular complexity index is 885. The van der Waals surface area contributed by atoms with Gasteiger partial charge in [0.25, 0.3) is 0 Å². The molecule has 0 spiro atoms. The van der Waals surface area contributed by atoms with Crippen LogP contribution in [0.3, 0.4) is 0 Å². The molecule has 0 fully saturated rings. The van der Waals surface area contributed by atoms with E-state index in [1.807, 2.05) is 0 Å². The van der Waals surface area contributed by atoms with Crippen molar-refractivity contribution in [3.8, 4) is 11.5 Å². The van der Waals surface area contributed by atoms with E-state index in [9.17, 15) is 18.6 Å². The highest BCUT2D eigenvalue weighted by Gasteiger charge is 2.19. The van der Waals surface area contributed by atoms with Gasteiger partial charge in [-0.3, -0.25) is 0 Å². The van der Waals surface area contributed by atoms with Crippen molar-refractivity contribution in [1.82, 2.24) is 0 Å². The van der Waals surface area contributed by atoms with Gasteiger partial charge in [0.05, 0.1) is 36.0 Å². The Labute approximate surface area is 210 Å². The van der Waals surface area contributed by atoms with Crippen LogP contribution < -0.4 is 19.3 Å². The largest absolute Gasteiger partial charge is 0.491 e. The van der Waals surface area contributed by atoms with E-state index in [0.29, 0.717) is 24.6 Å². The summed E-state index contributed by atoms with van der Waals surface area (Å²) in [7, 11) is -3.70. The van der Waals surface area contributed by atoms with E-state index in [4.69, 9.17) is 9.47 Å². The minimum Gasteiger partial charge on any atom is -0.491 e. The highest BCUT2D eigenvalue weighted by Crippen LogP contribution is 2.25. The van der Waals surface area contributed by atoms with Gasteiger partial charge in [0, 0.05) is 0 Å². The van der Waals surface area contributed by atoms with Gasteiger partial charge in [-0.25, -0.2) is 8.42 Å². The Kier molecular flexibility index (Phi) is 12.0. The normalized spacial score (nSPS) is 13.7. The molecule has 0 radical (unpaired) electrons. The summed E-state index contributed by atoms with van der Waals surface area (Å²) < 4.78 is 37.3. The second kappa shape index (κ2) is 14.4. The number of aliphatic hydroxyl groups is 2. The minimum absolute atomic E-state index is 0.155. The standard InChI is InChI=1S/C26H40N2O6S/c1-5-27(6-2)17-21(29)19-33-23-9-13-25(14-10-23)35(31,32)26-15-11-24(12-16-26)34-20-22(30)18-28(7-3)8-4/h9-16,21-22,29-30H,5-8,17-20H2,1-4H3/p+2/t21-,22-/m0/s1. The molecule has 0 saturated heterocycles. The molecular formula is C26H42N2O6S+2. The maximum atomic E-state index is 13.0. The summed E-state index contributed by atoms with van der Waals surface area (Å²) in [4.78, 5) is 2.89. The van der Waals surface area contributed by atoms with Crippen LogP contribution in [-0.2, 0) is 9.84 Å². The van der Waals surface area contributed by atoms with Gasteiger partial charge >= 0.3 is 0 Å². The minimum atomic E-state index is -3.70. The average Bonchev–Trinajstić information content (AvgIpc) is 2.88. The van der Waals surface area contributed by atoms with Crippen LogP contribution >= 0.6 is 0 Å². The zero-order valence-corrected chi connectivity index (χ0v) is 22.2. The summed E-state index contributed by atoms with van der Waals surface area (Å²) >= 11 is 0. The van der Waals surface area contributed by atoms with Gasteiger partial charge in [-0.15, -0.1) is 0 Å². The van der Waals surface area contributed by atoms with Gasteiger partial charge in [0.1, 0.15) is 50.0 Å². The third-order valence-electron chi connectivity index (χ3n) is 6.20.